The first kappa shape index (κ1) is 13.7. The van der Waals surface area contributed by atoms with Crippen molar-refractivity contribution in [2.45, 2.75) is 25.0 Å². The van der Waals surface area contributed by atoms with Gasteiger partial charge in [0.15, 0.2) is 11.5 Å². The van der Waals surface area contributed by atoms with Gasteiger partial charge in [-0.1, -0.05) is 0 Å². The predicted octanol–water partition coefficient (Wildman–Crippen LogP) is 2.04. The van der Waals surface area contributed by atoms with Gasteiger partial charge in [-0.25, -0.2) is 4.79 Å². The number of carbonyl (C=O) groups is 1. The predicted molar refractivity (Wildman–Crippen MR) is 68.8 cm³/mol. The zero-order chi connectivity index (χ0) is 13.8. The second-order valence-electron chi connectivity index (χ2n) is 4.43. The van der Waals surface area contributed by atoms with E-state index in [0.717, 1.165) is 12.8 Å². The zero-order valence-corrected chi connectivity index (χ0v) is 11.3. The number of methoxy groups -OCH3 is 3. The summed E-state index contributed by atoms with van der Waals surface area (Å²) in [4.78, 5) is 11.4. The normalized spacial score (nSPS) is 21.4. The van der Waals surface area contributed by atoms with Gasteiger partial charge in [0.1, 0.15) is 6.10 Å². The standard InChI is InChI=1S/C14H18O5/c1-16-10-7-11(8-10)19-12-5-4-9(14(15)18-3)6-13(12)17-2/h4-6,10-11H,7-8H2,1-3H3. The van der Waals surface area contributed by atoms with E-state index in [1.165, 1.54) is 7.11 Å². The van der Waals surface area contributed by atoms with Crippen LogP contribution in [-0.2, 0) is 9.47 Å². The Morgan fingerprint density at radius 3 is 2.42 bits per heavy atom. The molecule has 104 valence electrons. The Morgan fingerprint density at radius 2 is 1.84 bits per heavy atom. The van der Waals surface area contributed by atoms with Gasteiger partial charge in [-0.15, -0.1) is 0 Å². The van der Waals surface area contributed by atoms with Crippen molar-refractivity contribution >= 4 is 5.97 Å². The molecular formula is C14H18O5. The molecule has 0 unspecified atom stereocenters. The van der Waals surface area contributed by atoms with Crippen molar-refractivity contribution in [2.24, 2.45) is 0 Å². The fourth-order valence-corrected chi connectivity index (χ4v) is 2.00. The van der Waals surface area contributed by atoms with E-state index in [1.807, 2.05) is 0 Å². The molecule has 0 radical (unpaired) electrons. The SMILES string of the molecule is COC(=O)c1ccc(OC2CC(OC)C2)c(OC)c1. The lowest BCUT2D eigenvalue weighted by atomic mass is 9.92. The Kier molecular flexibility index (Phi) is 4.27. The van der Waals surface area contributed by atoms with Crippen molar-refractivity contribution in [3.05, 3.63) is 23.8 Å². The maximum atomic E-state index is 11.4. The number of hydrogen-bond acceptors (Lipinski definition) is 5. The first-order chi connectivity index (χ1) is 9.17. The molecule has 0 spiro atoms. The topological polar surface area (TPSA) is 54.0 Å². The lowest BCUT2D eigenvalue weighted by Gasteiger charge is -2.34. The van der Waals surface area contributed by atoms with Gasteiger partial charge in [0, 0.05) is 20.0 Å². The van der Waals surface area contributed by atoms with Gasteiger partial charge in [0.05, 0.1) is 25.9 Å². The lowest BCUT2D eigenvalue weighted by molar-refractivity contribution is -0.0388. The van der Waals surface area contributed by atoms with Crippen LogP contribution in [0.4, 0.5) is 0 Å². The molecule has 0 aliphatic heterocycles. The van der Waals surface area contributed by atoms with Crippen LogP contribution < -0.4 is 9.47 Å². The van der Waals surface area contributed by atoms with Crippen molar-refractivity contribution in [2.75, 3.05) is 21.3 Å². The molecule has 1 fully saturated rings. The van der Waals surface area contributed by atoms with E-state index in [-0.39, 0.29) is 12.2 Å². The van der Waals surface area contributed by atoms with E-state index in [4.69, 9.17) is 14.2 Å². The molecule has 0 N–H and O–H groups in total. The number of ether oxygens (including phenoxy) is 4. The third-order valence-electron chi connectivity index (χ3n) is 3.26. The van der Waals surface area contributed by atoms with Gasteiger partial charge in [0.2, 0.25) is 0 Å². The molecule has 0 saturated heterocycles. The molecule has 5 heteroatoms. The van der Waals surface area contributed by atoms with Crippen LogP contribution in [0.3, 0.4) is 0 Å². The largest absolute Gasteiger partial charge is 0.493 e. The monoisotopic (exact) mass is 266 g/mol. The molecule has 0 bridgehead atoms. The molecule has 5 nitrogen and oxygen atoms in total. The Labute approximate surface area is 112 Å². The molecule has 1 saturated carbocycles. The molecule has 0 atom stereocenters. The van der Waals surface area contributed by atoms with Crippen LogP contribution in [0.1, 0.15) is 23.2 Å². The van der Waals surface area contributed by atoms with E-state index < -0.39 is 5.97 Å². The summed E-state index contributed by atoms with van der Waals surface area (Å²) in [5, 5.41) is 0. The summed E-state index contributed by atoms with van der Waals surface area (Å²) in [6.07, 6.45) is 2.17. The summed E-state index contributed by atoms with van der Waals surface area (Å²) in [5.74, 6) is 0.770. The van der Waals surface area contributed by atoms with Crippen molar-refractivity contribution in [3.63, 3.8) is 0 Å². The second-order valence-corrected chi connectivity index (χ2v) is 4.43. The average Bonchev–Trinajstić information content (AvgIpc) is 2.41. The summed E-state index contributed by atoms with van der Waals surface area (Å²) >= 11 is 0. The first-order valence-electron chi connectivity index (χ1n) is 6.13. The van der Waals surface area contributed by atoms with Crippen molar-refractivity contribution in [1.29, 1.82) is 0 Å². The second kappa shape index (κ2) is 5.93. The number of carbonyl (C=O) groups excluding carboxylic acids is 1. The molecule has 0 aromatic heterocycles. The molecule has 1 aliphatic rings. The fraction of sp³-hybridized carbons (Fsp3) is 0.500. The van der Waals surface area contributed by atoms with Crippen LogP contribution in [0, 0.1) is 0 Å². The Bertz CT molecular complexity index is 451. The van der Waals surface area contributed by atoms with Crippen LogP contribution in [0.5, 0.6) is 11.5 Å². The van der Waals surface area contributed by atoms with E-state index in [0.29, 0.717) is 17.1 Å². The van der Waals surface area contributed by atoms with Gasteiger partial charge in [-0.3, -0.25) is 0 Å². The quantitative estimate of drug-likeness (QED) is 0.763. The number of hydrogen-bond donors (Lipinski definition) is 0. The number of esters is 1. The summed E-state index contributed by atoms with van der Waals surface area (Å²) in [5.41, 5.74) is 0.440. The van der Waals surface area contributed by atoms with Gasteiger partial charge in [-0.05, 0) is 18.2 Å². The highest BCUT2D eigenvalue weighted by Crippen LogP contribution is 2.34. The minimum absolute atomic E-state index is 0.142. The number of benzene rings is 1. The molecule has 0 heterocycles. The lowest BCUT2D eigenvalue weighted by Crippen LogP contribution is -2.38. The highest BCUT2D eigenvalue weighted by molar-refractivity contribution is 5.90. The van der Waals surface area contributed by atoms with Crippen LogP contribution in [0.15, 0.2) is 18.2 Å². The van der Waals surface area contributed by atoms with E-state index in [1.54, 1.807) is 32.4 Å². The smallest absolute Gasteiger partial charge is 0.337 e. The summed E-state index contributed by atoms with van der Waals surface area (Å²) in [7, 11) is 4.59. The average molecular weight is 266 g/mol. The van der Waals surface area contributed by atoms with Gasteiger partial charge >= 0.3 is 5.97 Å². The minimum atomic E-state index is -0.395. The zero-order valence-electron chi connectivity index (χ0n) is 11.3. The third kappa shape index (κ3) is 2.98. The fourth-order valence-electron chi connectivity index (χ4n) is 2.00. The van der Waals surface area contributed by atoms with Crippen molar-refractivity contribution < 1.29 is 23.7 Å². The minimum Gasteiger partial charge on any atom is -0.493 e. The van der Waals surface area contributed by atoms with Crippen LogP contribution in [0.2, 0.25) is 0 Å². The van der Waals surface area contributed by atoms with Crippen molar-refractivity contribution in [1.82, 2.24) is 0 Å². The molecule has 1 aromatic rings. The number of rotatable bonds is 5. The molecule has 0 amide bonds. The summed E-state index contributed by atoms with van der Waals surface area (Å²) in [6, 6.07) is 5.01. The van der Waals surface area contributed by atoms with Crippen LogP contribution in [0.25, 0.3) is 0 Å². The molecule has 1 aromatic carbocycles. The van der Waals surface area contributed by atoms with E-state index in [2.05, 4.69) is 4.74 Å². The first-order valence-corrected chi connectivity index (χ1v) is 6.13. The van der Waals surface area contributed by atoms with Gasteiger partial charge < -0.3 is 18.9 Å². The van der Waals surface area contributed by atoms with E-state index >= 15 is 0 Å². The van der Waals surface area contributed by atoms with E-state index in [9.17, 15) is 4.79 Å². The highest BCUT2D eigenvalue weighted by Gasteiger charge is 2.31. The molecule has 1 aliphatic carbocycles. The highest BCUT2D eigenvalue weighted by atomic mass is 16.5. The summed E-state index contributed by atoms with van der Waals surface area (Å²) in [6.45, 7) is 0. The van der Waals surface area contributed by atoms with Gasteiger partial charge in [-0.2, -0.15) is 0 Å². The summed E-state index contributed by atoms with van der Waals surface area (Å²) < 4.78 is 20.9. The molecule has 2 rings (SSSR count). The third-order valence-corrected chi connectivity index (χ3v) is 3.26. The maximum absolute atomic E-state index is 11.4. The van der Waals surface area contributed by atoms with Crippen LogP contribution in [-0.4, -0.2) is 39.5 Å². The Hall–Kier alpha value is -1.75. The Balaban J connectivity index is 2.06. The molecular weight excluding hydrogens is 248 g/mol. The maximum Gasteiger partial charge on any atom is 0.337 e. The van der Waals surface area contributed by atoms with Crippen LogP contribution >= 0.6 is 0 Å². The Morgan fingerprint density at radius 1 is 1.11 bits per heavy atom. The van der Waals surface area contributed by atoms with Gasteiger partial charge in [0.25, 0.3) is 0 Å². The van der Waals surface area contributed by atoms with Crippen molar-refractivity contribution in [3.8, 4) is 11.5 Å². The molecule has 19 heavy (non-hydrogen) atoms.